The SMILES string of the molecule is Cc1nc(Nc2ncccn2)cc([C@@H]2CCCCN2Cc2cnn(C)c2)n1. The molecule has 1 aliphatic rings. The number of aromatic nitrogens is 6. The highest BCUT2D eigenvalue weighted by Gasteiger charge is 2.26. The van der Waals surface area contributed by atoms with Crippen molar-refractivity contribution in [1.82, 2.24) is 34.6 Å². The predicted molar refractivity (Wildman–Crippen MR) is 102 cm³/mol. The third kappa shape index (κ3) is 4.28. The van der Waals surface area contributed by atoms with E-state index >= 15 is 0 Å². The summed E-state index contributed by atoms with van der Waals surface area (Å²) in [5.41, 5.74) is 2.27. The van der Waals surface area contributed by atoms with Crippen LogP contribution in [0.4, 0.5) is 11.8 Å². The van der Waals surface area contributed by atoms with E-state index in [0.29, 0.717) is 5.95 Å². The van der Waals surface area contributed by atoms with Gasteiger partial charge in [-0.1, -0.05) is 6.42 Å². The van der Waals surface area contributed by atoms with Gasteiger partial charge in [-0.25, -0.2) is 19.9 Å². The molecule has 3 aromatic heterocycles. The Hall–Kier alpha value is -2.87. The van der Waals surface area contributed by atoms with Gasteiger partial charge in [0.2, 0.25) is 5.95 Å². The van der Waals surface area contributed by atoms with Crippen LogP contribution in [0.1, 0.15) is 42.4 Å². The summed E-state index contributed by atoms with van der Waals surface area (Å²) >= 11 is 0. The van der Waals surface area contributed by atoms with Crippen molar-refractivity contribution in [3.63, 3.8) is 0 Å². The summed E-state index contributed by atoms with van der Waals surface area (Å²) in [6.07, 6.45) is 11.0. The summed E-state index contributed by atoms with van der Waals surface area (Å²) in [4.78, 5) is 20.2. The Morgan fingerprint density at radius 2 is 2.04 bits per heavy atom. The molecule has 0 bridgehead atoms. The molecule has 1 fully saturated rings. The molecule has 8 nitrogen and oxygen atoms in total. The molecule has 0 saturated carbocycles. The first-order chi connectivity index (χ1) is 13.2. The van der Waals surface area contributed by atoms with E-state index < -0.39 is 0 Å². The van der Waals surface area contributed by atoms with E-state index in [1.807, 2.05) is 30.9 Å². The summed E-state index contributed by atoms with van der Waals surface area (Å²) in [6.45, 7) is 3.87. The lowest BCUT2D eigenvalue weighted by Gasteiger charge is -2.35. The molecule has 0 radical (unpaired) electrons. The molecule has 3 aromatic rings. The average Bonchev–Trinajstić information content (AvgIpc) is 3.07. The summed E-state index contributed by atoms with van der Waals surface area (Å²) < 4.78 is 1.85. The standard InChI is InChI=1S/C19H24N8/c1-14-23-16(10-18(24-14)25-19-20-7-5-8-21-19)17-6-3-4-9-27(17)13-15-11-22-26(2)12-15/h5,7-8,10-12,17H,3-4,6,9,13H2,1-2H3,(H,20,21,23,24,25)/t17-/m0/s1. The van der Waals surface area contributed by atoms with Crippen LogP contribution in [0.3, 0.4) is 0 Å². The zero-order chi connectivity index (χ0) is 18.6. The van der Waals surface area contributed by atoms with E-state index in [1.165, 1.54) is 18.4 Å². The molecule has 0 spiro atoms. The fourth-order valence-corrected chi connectivity index (χ4v) is 3.61. The summed E-state index contributed by atoms with van der Waals surface area (Å²) in [5, 5.41) is 7.48. The molecule has 140 valence electrons. The summed E-state index contributed by atoms with van der Waals surface area (Å²) in [7, 11) is 1.95. The summed E-state index contributed by atoms with van der Waals surface area (Å²) in [6, 6.07) is 4.09. The quantitative estimate of drug-likeness (QED) is 0.745. The minimum atomic E-state index is 0.276. The molecule has 1 aliphatic heterocycles. The van der Waals surface area contributed by atoms with Crippen molar-refractivity contribution in [2.24, 2.45) is 7.05 Å². The van der Waals surface area contributed by atoms with Gasteiger partial charge in [0.15, 0.2) is 0 Å². The molecule has 0 aliphatic carbocycles. The molecule has 1 N–H and O–H groups in total. The van der Waals surface area contributed by atoms with Gasteiger partial charge in [0.1, 0.15) is 11.6 Å². The van der Waals surface area contributed by atoms with Crippen molar-refractivity contribution in [1.29, 1.82) is 0 Å². The van der Waals surface area contributed by atoms with Crippen LogP contribution in [0, 0.1) is 6.92 Å². The van der Waals surface area contributed by atoms with Gasteiger partial charge in [-0.3, -0.25) is 9.58 Å². The van der Waals surface area contributed by atoms with Crippen molar-refractivity contribution in [2.45, 2.75) is 38.8 Å². The maximum Gasteiger partial charge on any atom is 0.228 e. The third-order valence-electron chi connectivity index (χ3n) is 4.76. The zero-order valence-corrected chi connectivity index (χ0v) is 15.7. The lowest BCUT2D eigenvalue weighted by Crippen LogP contribution is -2.33. The Kier molecular flexibility index (Phi) is 5.06. The van der Waals surface area contributed by atoms with E-state index in [9.17, 15) is 0 Å². The Bertz CT molecular complexity index is 892. The molecule has 1 saturated heterocycles. The van der Waals surface area contributed by atoms with Crippen LogP contribution in [0.2, 0.25) is 0 Å². The molecule has 4 rings (SSSR count). The van der Waals surface area contributed by atoms with Gasteiger partial charge < -0.3 is 5.32 Å². The number of hydrogen-bond acceptors (Lipinski definition) is 7. The maximum atomic E-state index is 4.74. The van der Waals surface area contributed by atoms with Gasteiger partial charge in [-0.2, -0.15) is 5.10 Å². The van der Waals surface area contributed by atoms with Crippen molar-refractivity contribution in [3.8, 4) is 0 Å². The second kappa shape index (κ2) is 7.79. The maximum absolute atomic E-state index is 4.74. The van der Waals surface area contributed by atoms with Gasteiger partial charge in [0.05, 0.1) is 17.9 Å². The van der Waals surface area contributed by atoms with Gasteiger partial charge in [0.25, 0.3) is 0 Å². The first-order valence-corrected chi connectivity index (χ1v) is 9.28. The Labute approximate surface area is 158 Å². The van der Waals surface area contributed by atoms with E-state index in [4.69, 9.17) is 4.98 Å². The lowest BCUT2D eigenvalue weighted by atomic mass is 9.98. The van der Waals surface area contributed by atoms with Gasteiger partial charge in [-0.05, 0) is 32.4 Å². The molecule has 8 heteroatoms. The topological polar surface area (TPSA) is 84.7 Å². The van der Waals surface area contributed by atoms with Crippen LogP contribution >= 0.6 is 0 Å². The highest BCUT2D eigenvalue weighted by Crippen LogP contribution is 2.32. The van der Waals surface area contributed by atoms with Crippen molar-refractivity contribution >= 4 is 11.8 Å². The van der Waals surface area contributed by atoms with Crippen molar-refractivity contribution in [2.75, 3.05) is 11.9 Å². The van der Waals surface area contributed by atoms with Gasteiger partial charge in [0, 0.05) is 43.8 Å². The molecule has 0 aromatic carbocycles. The number of aryl methyl sites for hydroxylation is 2. The highest BCUT2D eigenvalue weighted by molar-refractivity contribution is 5.48. The molecule has 0 amide bonds. The number of hydrogen-bond donors (Lipinski definition) is 1. The normalized spacial score (nSPS) is 17.8. The monoisotopic (exact) mass is 364 g/mol. The van der Waals surface area contributed by atoms with E-state index in [1.54, 1.807) is 18.5 Å². The Balaban J connectivity index is 1.58. The van der Waals surface area contributed by atoms with Gasteiger partial charge >= 0.3 is 0 Å². The van der Waals surface area contributed by atoms with Crippen molar-refractivity contribution in [3.05, 3.63) is 54.0 Å². The van der Waals surface area contributed by atoms with Gasteiger partial charge in [-0.15, -0.1) is 0 Å². The van der Waals surface area contributed by atoms with Crippen LogP contribution in [0.15, 0.2) is 36.9 Å². The number of piperidine rings is 1. The molecular weight excluding hydrogens is 340 g/mol. The number of rotatable bonds is 5. The Morgan fingerprint density at radius 3 is 2.81 bits per heavy atom. The number of anilines is 2. The van der Waals surface area contributed by atoms with E-state index in [2.05, 4.69) is 36.5 Å². The second-order valence-electron chi connectivity index (χ2n) is 6.93. The smallest absolute Gasteiger partial charge is 0.228 e. The molecule has 0 unspecified atom stereocenters. The molecule has 4 heterocycles. The Morgan fingerprint density at radius 1 is 1.19 bits per heavy atom. The fraction of sp³-hybridized carbons (Fsp3) is 0.421. The van der Waals surface area contributed by atoms with Crippen LogP contribution in [0.5, 0.6) is 0 Å². The van der Waals surface area contributed by atoms with Crippen LogP contribution in [0.25, 0.3) is 0 Å². The van der Waals surface area contributed by atoms with Crippen LogP contribution in [-0.2, 0) is 13.6 Å². The summed E-state index contributed by atoms with van der Waals surface area (Å²) in [5.74, 6) is 2.02. The minimum Gasteiger partial charge on any atom is -0.309 e. The lowest BCUT2D eigenvalue weighted by molar-refractivity contribution is 0.137. The fourth-order valence-electron chi connectivity index (χ4n) is 3.61. The average molecular weight is 364 g/mol. The van der Waals surface area contributed by atoms with Crippen molar-refractivity contribution < 1.29 is 0 Å². The molecule has 1 atom stereocenters. The largest absolute Gasteiger partial charge is 0.309 e. The molecular formula is C19H24N8. The first kappa shape index (κ1) is 17.5. The van der Waals surface area contributed by atoms with Crippen LogP contribution < -0.4 is 5.32 Å². The predicted octanol–water partition coefficient (Wildman–Crippen LogP) is 2.78. The van der Waals surface area contributed by atoms with Crippen LogP contribution in [-0.4, -0.2) is 41.2 Å². The molecule has 27 heavy (non-hydrogen) atoms. The number of nitrogens with zero attached hydrogens (tertiary/aromatic N) is 7. The second-order valence-corrected chi connectivity index (χ2v) is 6.93. The number of nitrogens with one attached hydrogen (secondary N) is 1. The first-order valence-electron chi connectivity index (χ1n) is 9.28. The van der Waals surface area contributed by atoms with E-state index in [0.717, 1.165) is 36.8 Å². The third-order valence-corrected chi connectivity index (χ3v) is 4.76. The van der Waals surface area contributed by atoms with E-state index in [-0.39, 0.29) is 6.04 Å². The highest BCUT2D eigenvalue weighted by atomic mass is 15.2. The zero-order valence-electron chi connectivity index (χ0n) is 15.7. The number of likely N-dealkylation sites (tertiary alicyclic amines) is 1. The minimum absolute atomic E-state index is 0.276.